The molecule has 90 valence electrons. The highest BCUT2D eigenvalue weighted by Gasteiger charge is 2.19. The summed E-state index contributed by atoms with van der Waals surface area (Å²) in [6.45, 7) is 3.90. The molecule has 0 spiro atoms. The van der Waals surface area contributed by atoms with Gasteiger partial charge in [0.25, 0.3) is 0 Å². The van der Waals surface area contributed by atoms with Crippen molar-refractivity contribution in [3.8, 4) is 5.75 Å². The summed E-state index contributed by atoms with van der Waals surface area (Å²) in [7, 11) is 0. The average Bonchev–Trinajstić information content (AvgIpc) is 2.69. The minimum absolute atomic E-state index is 0.240. The molecule has 2 rings (SSSR count). The Balaban J connectivity index is 2.14. The second-order valence-electron chi connectivity index (χ2n) is 4.53. The second kappa shape index (κ2) is 4.18. The number of nitrogens with zero attached hydrogens (tertiary/aromatic N) is 3. The molecule has 2 N–H and O–H groups in total. The number of aromatic hydroxyl groups is 1. The number of phenolic OH excluding ortho intramolecular Hbond substituents is 1. The minimum Gasteiger partial charge on any atom is -0.508 e. The van der Waals surface area contributed by atoms with Crippen LogP contribution in [-0.2, 0) is 12.1 Å². The Morgan fingerprint density at radius 2 is 1.88 bits per heavy atom. The molecule has 2 aromatic rings. The normalized spacial score (nSPS) is 11.7. The van der Waals surface area contributed by atoms with Crippen LogP contribution in [0.1, 0.15) is 25.1 Å². The summed E-state index contributed by atoms with van der Waals surface area (Å²) < 4.78 is 1.65. The lowest BCUT2D eigenvalue weighted by atomic mass is 10.1. The first-order chi connectivity index (χ1) is 7.95. The highest BCUT2D eigenvalue weighted by atomic mass is 16.3. The molecule has 0 aliphatic rings. The molecule has 0 aliphatic carbocycles. The fourth-order valence-corrected chi connectivity index (χ4v) is 1.44. The van der Waals surface area contributed by atoms with Crippen molar-refractivity contribution in [2.24, 2.45) is 0 Å². The quantitative estimate of drug-likeness (QED) is 0.837. The molecule has 0 bridgehead atoms. The number of benzene rings is 1. The van der Waals surface area contributed by atoms with Gasteiger partial charge in [-0.15, -0.1) is 5.10 Å². The Hall–Kier alpha value is -1.88. The molecular weight excluding hydrogens is 218 g/mol. The third-order valence-electron chi connectivity index (χ3n) is 2.45. The van der Waals surface area contributed by atoms with Crippen LogP contribution in [0.3, 0.4) is 0 Å². The predicted octanol–water partition coefficient (Wildman–Crippen LogP) is 1.26. The molecule has 5 nitrogen and oxygen atoms in total. The van der Waals surface area contributed by atoms with Crippen molar-refractivity contribution in [3.05, 3.63) is 41.7 Å². The first kappa shape index (κ1) is 11.6. The molecule has 1 aromatic carbocycles. The molecule has 0 atom stereocenters. The molecular formula is C12H15N3O2. The zero-order valence-corrected chi connectivity index (χ0v) is 9.83. The third kappa shape index (κ3) is 2.82. The van der Waals surface area contributed by atoms with E-state index in [1.54, 1.807) is 36.9 Å². The van der Waals surface area contributed by atoms with E-state index in [-0.39, 0.29) is 5.75 Å². The van der Waals surface area contributed by atoms with E-state index in [4.69, 9.17) is 5.11 Å². The van der Waals surface area contributed by atoms with Crippen LogP contribution in [0.15, 0.2) is 30.5 Å². The van der Waals surface area contributed by atoms with Gasteiger partial charge in [-0.05, 0) is 31.5 Å². The Labute approximate surface area is 99.3 Å². The lowest BCUT2D eigenvalue weighted by Crippen LogP contribution is -2.15. The highest BCUT2D eigenvalue weighted by Crippen LogP contribution is 2.16. The molecule has 1 heterocycles. The van der Waals surface area contributed by atoms with Gasteiger partial charge in [0.15, 0.2) is 0 Å². The lowest BCUT2D eigenvalue weighted by molar-refractivity contribution is 0.0737. The van der Waals surface area contributed by atoms with Crippen LogP contribution in [0, 0.1) is 0 Å². The van der Waals surface area contributed by atoms with E-state index in [2.05, 4.69) is 10.3 Å². The van der Waals surface area contributed by atoms with E-state index >= 15 is 0 Å². The van der Waals surface area contributed by atoms with E-state index in [1.165, 1.54) is 0 Å². The topological polar surface area (TPSA) is 71.2 Å². The molecule has 0 unspecified atom stereocenters. The molecule has 1 aromatic heterocycles. The summed E-state index contributed by atoms with van der Waals surface area (Å²) in [5, 5.41) is 26.8. The van der Waals surface area contributed by atoms with E-state index < -0.39 is 5.60 Å². The van der Waals surface area contributed by atoms with Crippen LogP contribution in [0.25, 0.3) is 0 Å². The molecule has 0 fully saturated rings. The number of phenols is 1. The lowest BCUT2D eigenvalue weighted by Gasteiger charge is -2.11. The SMILES string of the molecule is CC(C)(O)c1cn(Cc2ccc(O)cc2)nn1. The first-order valence-corrected chi connectivity index (χ1v) is 5.36. The van der Waals surface area contributed by atoms with E-state index in [0.29, 0.717) is 12.2 Å². The number of hydrogen-bond acceptors (Lipinski definition) is 4. The summed E-state index contributed by atoms with van der Waals surface area (Å²) in [5.41, 5.74) is 0.569. The first-order valence-electron chi connectivity index (χ1n) is 5.36. The molecule has 0 amide bonds. The Bertz CT molecular complexity index is 497. The van der Waals surface area contributed by atoms with Crippen molar-refractivity contribution in [2.45, 2.75) is 26.0 Å². The molecule has 0 saturated heterocycles. The van der Waals surface area contributed by atoms with Crippen molar-refractivity contribution in [1.29, 1.82) is 0 Å². The van der Waals surface area contributed by atoms with E-state index in [0.717, 1.165) is 5.56 Å². The van der Waals surface area contributed by atoms with Gasteiger partial charge in [-0.1, -0.05) is 17.3 Å². The molecule has 0 radical (unpaired) electrons. The van der Waals surface area contributed by atoms with Gasteiger partial charge < -0.3 is 10.2 Å². The zero-order valence-electron chi connectivity index (χ0n) is 9.83. The Morgan fingerprint density at radius 3 is 2.41 bits per heavy atom. The monoisotopic (exact) mass is 233 g/mol. The molecule has 0 aliphatic heterocycles. The standard InChI is InChI=1S/C12H15N3O2/c1-12(2,17)11-8-15(14-13-11)7-9-3-5-10(16)6-4-9/h3-6,8,16-17H,7H2,1-2H3. The fraction of sp³-hybridized carbons (Fsp3) is 0.333. The fourth-order valence-electron chi connectivity index (χ4n) is 1.44. The summed E-state index contributed by atoms with van der Waals surface area (Å²) in [5.74, 6) is 0.240. The van der Waals surface area contributed by atoms with Gasteiger partial charge in [0.1, 0.15) is 17.0 Å². The van der Waals surface area contributed by atoms with Crippen LogP contribution >= 0.6 is 0 Å². The van der Waals surface area contributed by atoms with Crippen LogP contribution in [-0.4, -0.2) is 25.2 Å². The molecule has 17 heavy (non-hydrogen) atoms. The van der Waals surface area contributed by atoms with Gasteiger partial charge in [-0.25, -0.2) is 4.68 Å². The maximum atomic E-state index is 9.76. The predicted molar refractivity (Wildman–Crippen MR) is 62.5 cm³/mol. The van der Waals surface area contributed by atoms with Crippen molar-refractivity contribution < 1.29 is 10.2 Å². The van der Waals surface area contributed by atoms with Crippen molar-refractivity contribution >= 4 is 0 Å². The van der Waals surface area contributed by atoms with Gasteiger partial charge in [0, 0.05) is 0 Å². The average molecular weight is 233 g/mol. The Kier molecular flexibility index (Phi) is 2.85. The minimum atomic E-state index is -0.979. The van der Waals surface area contributed by atoms with Crippen molar-refractivity contribution in [1.82, 2.24) is 15.0 Å². The van der Waals surface area contributed by atoms with E-state index in [1.807, 2.05) is 12.1 Å². The Morgan fingerprint density at radius 1 is 1.24 bits per heavy atom. The summed E-state index contributed by atoms with van der Waals surface area (Å²) in [4.78, 5) is 0. The summed E-state index contributed by atoms with van der Waals surface area (Å²) in [6.07, 6.45) is 1.72. The number of aromatic nitrogens is 3. The maximum Gasteiger partial charge on any atom is 0.115 e. The van der Waals surface area contributed by atoms with Crippen molar-refractivity contribution in [2.75, 3.05) is 0 Å². The molecule has 0 saturated carbocycles. The number of hydrogen-bond donors (Lipinski definition) is 2. The van der Waals surface area contributed by atoms with Gasteiger partial charge >= 0.3 is 0 Å². The zero-order chi connectivity index (χ0) is 12.5. The van der Waals surface area contributed by atoms with E-state index in [9.17, 15) is 5.11 Å². The summed E-state index contributed by atoms with van der Waals surface area (Å²) in [6, 6.07) is 6.90. The maximum absolute atomic E-state index is 9.76. The van der Waals surface area contributed by atoms with Gasteiger partial charge in [0.2, 0.25) is 0 Å². The summed E-state index contributed by atoms with van der Waals surface area (Å²) >= 11 is 0. The van der Waals surface area contributed by atoms with Crippen LogP contribution in [0.2, 0.25) is 0 Å². The van der Waals surface area contributed by atoms with Crippen LogP contribution in [0.4, 0.5) is 0 Å². The van der Waals surface area contributed by atoms with Crippen LogP contribution in [0.5, 0.6) is 5.75 Å². The van der Waals surface area contributed by atoms with Gasteiger partial charge in [0.05, 0.1) is 12.7 Å². The number of rotatable bonds is 3. The molecule has 5 heteroatoms. The van der Waals surface area contributed by atoms with Gasteiger partial charge in [-0.2, -0.15) is 0 Å². The second-order valence-corrected chi connectivity index (χ2v) is 4.53. The van der Waals surface area contributed by atoms with Gasteiger partial charge in [-0.3, -0.25) is 0 Å². The van der Waals surface area contributed by atoms with Crippen molar-refractivity contribution in [3.63, 3.8) is 0 Å². The largest absolute Gasteiger partial charge is 0.508 e. The highest BCUT2D eigenvalue weighted by molar-refractivity contribution is 5.26. The third-order valence-corrected chi connectivity index (χ3v) is 2.45. The number of aliphatic hydroxyl groups is 1. The van der Waals surface area contributed by atoms with Crippen LogP contribution < -0.4 is 0 Å². The smallest absolute Gasteiger partial charge is 0.115 e.